The number of aryl methyl sites for hydroxylation is 1. The van der Waals surface area contributed by atoms with E-state index in [9.17, 15) is 4.79 Å². The molecule has 1 amide bonds. The van der Waals surface area contributed by atoms with Crippen molar-refractivity contribution in [2.75, 3.05) is 38.5 Å². The summed E-state index contributed by atoms with van der Waals surface area (Å²) in [5.74, 6) is 0.878. The first kappa shape index (κ1) is 13.4. The fourth-order valence-corrected chi connectivity index (χ4v) is 2.86. The number of anilines is 1. The first-order valence-electron chi connectivity index (χ1n) is 7.29. The van der Waals surface area contributed by atoms with Crippen molar-refractivity contribution in [2.24, 2.45) is 0 Å². The number of carbonyl (C=O) groups is 1. The molecule has 0 radical (unpaired) electrons. The topological polar surface area (TPSA) is 53.4 Å². The van der Waals surface area contributed by atoms with E-state index in [0.717, 1.165) is 45.1 Å². The van der Waals surface area contributed by atoms with Crippen LogP contribution in [0, 0.1) is 0 Å². The maximum absolute atomic E-state index is 12.6. The van der Waals surface area contributed by atoms with Crippen LogP contribution in [0.4, 0.5) is 5.95 Å². The summed E-state index contributed by atoms with van der Waals surface area (Å²) in [5.41, 5.74) is 0.584. The molecule has 3 heterocycles. The summed E-state index contributed by atoms with van der Waals surface area (Å²) in [6, 6.07) is 0. The third-order valence-electron chi connectivity index (χ3n) is 4.46. The summed E-state index contributed by atoms with van der Waals surface area (Å²) < 4.78 is 2.04. The number of aromatic nitrogens is 2. The normalized spacial score (nSPS) is 22.2. The molecule has 0 spiro atoms. The fourth-order valence-electron chi connectivity index (χ4n) is 2.86. The summed E-state index contributed by atoms with van der Waals surface area (Å²) >= 11 is 0. The van der Waals surface area contributed by atoms with Crippen molar-refractivity contribution in [3.05, 3.63) is 11.9 Å². The van der Waals surface area contributed by atoms with Crippen LogP contribution in [0.3, 0.4) is 0 Å². The third kappa shape index (κ3) is 2.28. The van der Waals surface area contributed by atoms with Gasteiger partial charge in [0.25, 0.3) is 5.91 Å². The quantitative estimate of drug-likeness (QED) is 0.827. The highest BCUT2D eigenvalue weighted by Crippen LogP contribution is 2.21. The molecule has 0 unspecified atom stereocenters. The van der Waals surface area contributed by atoms with E-state index >= 15 is 0 Å². The van der Waals surface area contributed by atoms with E-state index in [2.05, 4.69) is 36.1 Å². The minimum atomic E-state index is 0.0194. The monoisotopic (exact) mass is 277 g/mol. The molecule has 1 saturated heterocycles. The van der Waals surface area contributed by atoms with Crippen molar-refractivity contribution >= 4 is 11.9 Å². The Bertz CT molecular complexity index is 498. The number of rotatable bonds is 1. The molecule has 0 atom stereocenters. The minimum absolute atomic E-state index is 0.0194. The molecule has 2 aliphatic heterocycles. The number of imidazole rings is 1. The fraction of sp³-hybridized carbons (Fsp3) is 0.714. The van der Waals surface area contributed by atoms with E-state index in [4.69, 9.17) is 0 Å². The summed E-state index contributed by atoms with van der Waals surface area (Å²) in [7, 11) is 2.11. The maximum atomic E-state index is 12.6. The first-order chi connectivity index (χ1) is 9.47. The van der Waals surface area contributed by atoms with E-state index < -0.39 is 0 Å². The maximum Gasteiger partial charge on any atom is 0.274 e. The summed E-state index contributed by atoms with van der Waals surface area (Å²) in [4.78, 5) is 21.3. The second kappa shape index (κ2) is 4.77. The van der Waals surface area contributed by atoms with Crippen LogP contribution in [0.5, 0.6) is 0 Å². The van der Waals surface area contributed by atoms with Gasteiger partial charge in [-0.2, -0.15) is 0 Å². The van der Waals surface area contributed by atoms with Gasteiger partial charge in [0.15, 0.2) is 0 Å². The Balaban J connectivity index is 1.77. The number of hydrogen-bond acceptors (Lipinski definition) is 4. The molecule has 0 bridgehead atoms. The number of hydrogen-bond donors (Lipinski definition) is 1. The van der Waals surface area contributed by atoms with Gasteiger partial charge in [-0.05, 0) is 27.3 Å². The van der Waals surface area contributed by atoms with Crippen molar-refractivity contribution < 1.29 is 4.79 Å². The number of piperazine rings is 1. The average Bonchev–Trinajstić information content (AvgIpc) is 2.84. The molecule has 3 rings (SSSR count). The Morgan fingerprint density at radius 2 is 2.15 bits per heavy atom. The van der Waals surface area contributed by atoms with Gasteiger partial charge in [-0.15, -0.1) is 0 Å². The molecule has 1 aromatic rings. The lowest BCUT2D eigenvalue weighted by molar-refractivity contribution is 0.0307. The molecule has 2 aliphatic rings. The smallest absolute Gasteiger partial charge is 0.274 e. The zero-order chi connectivity index (χ0) is 14.3. The first-order valence-corrected chi connectivity index (χ1v) is 7.29. The number of fused-ring (bicyclic) bond motifs is 1. The minimum Gasteiger partial charge on any atom is -0.356 e. The molecular weight excluding hydrogens is 254 g/mol. The standard InChI is InChI=1S/C14H23N5O/c1-14(2)10-19(8-7-17(14)3)12(20)11-9-18-6-4-5-15-13(18)16-11/h9H,4-8,10H2,1-3H3,(H,15,16). The van der Waals surface area contributed by atoms with Crippen LogP contribution >= 0.6 is 0 Å². The van der Waals surface area contributed by atoms with E-state index in [1.807, 2.05) is 15.7 Å². The van der Waals surface area contributed by atoms with Gasteiger partial charge in [0.05, 0.1) is 0 Å². The molecule has 6 heteroatoms. The summed E-state index contributed by atoms with van der Waals surface area (Å²) in [5, 5.41) is 3.24. The molecule has 1 aromatic heterocycles. The second-order valence-electron chi connectivity index (χ2n) is 6.38. The summed E-state index contributed by atoms with van der Waals surface area (Å²) in [6.45, 7) is 8.65. The van der Waals surface area contributed by atoms with Crippen LogP contribution in [0.15, 0.2) is 6.20 Å². The van der Waals surface area contributed by atoms with Crippen molar-refractivity contribution in [3.63, 3.8) is 0 Å². The van der Waals surface area contributed by atoms with Crippen molar-refractivity contribution in [3.8, 4) is 0 Å². The Hall–Kier alpha value is -1.56. The van der Waals surface area contributed by atoms with Crippen LogP contribution in [-0.4, -0.2) is 64.0 Å². The van der Waals surface area contributed by atoms with Gasteiger partial charge in [0, 0.05) is 44.5 Å². The van der Waals surface area contributed by atoms with Gasteiger partial charge in [-0.1, -0.05) is 0 Å². The summed E-state index contributed by atoms with van der Waals surface area (Å²) in [6.07, 6.45) is 2.97. The van der Waals surface area contributed by atoms with Gasteiger partial charge < -0.3 is 14.8 Å². The zero-order valence-corrected chi connectivity index (χ0v) is 12.5. The van der Waals surface area contributed by atoms with Crippen LogP contribution in [0.25, 0.3) is 0 Å². The Labute approximate surface area is 119 Å². The molecule has 0 aromatic carbocycles. The SMILES string of the molecule is CN1CCN(C(=O)c2cn3c(n2)NCCC3)CC1(C)C. The van der Waals surface area contributed by atoms with Crippen molar-refractivity contribution in [1.82, 2.24) is 19.4 Å². The van der Waals surface area contributed by atoms with Crippen molar-refractivity contribution in [1.29, 1.82) is 0 Å². The lowest BCUT2D eigenvalue weighted by Crippen LogP contribution is -2.58. The number of nitrogens with zero attached hydrogens (tertiary/aromatic N) is 4. The number of carbonyl (C=O) groups excluding carboxylic acids is 1. The van der Waals surface area contributed by atoms with E-state index in [1.54, 1.807) is 0 Å². The number of likely N-dealkylation sites (N-methyl/N-ethyl adjacent to an activating group) is 1. The van der Waals surface area contributed by atoms with Crippen LogP contribution in [-0.2, 0) is 6.54 Å². The predicted octanol–water partition coefficient (Wildman–Crippen LogP) is 0.865. The van der Waals surface area contributed by atoms with Gasteiger partial charge in [-0.25, -0.2) is 4.98 Å². The lowest BCUT2D eigenvalue weighted by Gasteiger charge is -2.45. The lowest BCUT2D eigenvalue weighted by atomic mass is 9.99. The van der Waals surface area contributed by atoms with Gasteiger partial charge in [-0.3, -0.25) is 9.69 Å². The van der Waals surface area contributed by atoms with Gasteiger partial charge in [0.1, 0.15) is 5.69 Å². The Kier molecular flexibility index (Phi) is 3.20. The van der Waals surface area contributed by atoms with Crippen molar-refractivity contribution in [2.45, 2.75) is 32.4 Å². The average molecular weight is 277 g/mol. The molecule has 1 fully saturated rings. The molecule has 1 N–H and O–H groups in total. The van der Waals surface area contributed by atoms with Gasteiger partial charge in [0.2, 0.25) is 5.95 Å². The molecule has 20 heavy (non-hydrogen) atoms. The number of amides is 1. The highest BCUT2D eigenvalue weighted by Gasteiger charge is 2.34. The second-order valence-corrected chi connectivity index (χ2v) is 6.38. The Morgan fingerprint density at radius 1 is 1.35 bits per heavy atom. The third-order valence-corrected chi connectivity index (χ3v) is 4.46. The van der Waals surface area contributed by atoms with Crippen LogP contribution in [0.2, 0.25) is 0 Å². The van der Waals surface area contributed by atoms with Gasteiger partial charge >= 0.3 is 0 Å². The molecule has 110 valence electrons. The molecule has 6 nitrogen and oxygen atoms in total. The highest BCUT2D eigenvalue weighted by molar-refractivity contribution is 5.92. The largest absolute Gasteiger partial charge is 0.356 e. The molecular formula is C14H23N5O. The van der Waals surface area contributed by atoms with E-state index in [1.165, 1.54) is 0 Å². The van der Waals surface area contributed by atoms with Crippen LogP contribution < -0.4 is 5.32 Å². The molecule has 0 saturated carbocycles. The van der Waals surface area contributed by atoms with E-state index in [0.29, 0.717) is 5.69 Å². The number of nitrogens with one attached hydrogen (secondary N) is 1. The highest BCUT2D eigenvalue weighted by atomic mass is 16.2. The Morgan fingerprint density at radius 3 is 2.85 bits per heavy atom. The van der Waals surface area contributed by atoms with E-state index in [-0.39, 0.29) is 11.4 Å². The molecule has 0 aliphatic carbocycles. The van der Waals surface area contributed by atoms with Crippen LogP contribution in [0.1, 0.15) is 30.8 Å². The predicted molar refractivity (Wildman–Crippen MR) is 77.9 cm³/mol. The zero-order valence-electron chi connectivity index (χ0n) is 12.5.